The molecule has 3 rings (SSSR count). The summed E-state index contributed by atoms with van der Waals surface area (Å²) in [5.74, 6) is 2.34. The molecule has 1 saturated carbocycles. The fourth-order valence-corrected chi connectivity index (χ4v) is 6.11. The van der Waals surface area contributed by atoms with Gasteiger partial charge in [0.25, 0.3) is 0 Å². The third-order valence-electron chi connectivity index (χ3n) is 8.17. The molecular formula is C30H46O3. The molecule has 2 aliphatic carbocycles. The van der Waals surface area contributed by atoms with E-state index < -0.39 is 0 Å². The van der Waals surface area contributed by atoms with Gasteiger partial charge < -0.3 is 9.84 Å². The Kier molecular flexibility index (Phi) is 10.5. The minimum absolute atomic E-state index is 0.159. The summed E-state index contributed by atoms with van der Waals surface area (Å²) in [4.78, 5) is 11.7. The molecule has 33 heavy (non-hydrogen) atoms. The molecular weight excluding hydrogens is 408 g/mol. The van der Waals surface area contributed by atoms with Gasteiger partial charge in [0.05, 0.1) is 6.61 Å². The predicted molar refractivity (Wildman–Crippen MR) is 136 cm³/mol. The van der Waals surface area contributed by atoms with E-state index in [2.05, 4.69) is 31.7 Å². The van der Waals surface area contributed by atoms with E-state index in [1.165, 1.54) is 76.2 Å². The first-order chi connectivity index (χ1) is 16.0. The summed E-state index contributed by atoms with van der Waals surface area (Å²) in [5.41, 5.74) is 5.20. The van der Waals surface area contributed by atoms with Gasteiger partial charge >= 0.3 is 5.97 Å². The molecule has 1 aromatic carbocycles. The Morgan fingerprint density at radius 2 is 1.91 bits per heavy atom. The van der Waals surface area contributed by atoms with Crippen LogP contribution < -0.4 is 0 Å². The van der Waals surface area contributed by atoms with Gasteiger partial charge in [0.2, 0.25) is 0 Å². The van der Waals surface area contributed by atoms with Crippen molar-refractivity contribution in [2.24, 2.45) is 23.7 Å². The molecule has 0 radical (unpaired) electrons. The average Bonchev–Trinajstić information content (AvgIpc) is 2.82. The Hall–Kier alpha value is -1.61. The zero-order chi connectivity index (χ0) is 23.6. The number of carbonyl (C=O) groups is 1. The minimum Gasteiger partial charge on any atom is -0.462 e. The van der Waals surface area contributed by atoms with Gasteiger partial charge in [-0.3, -0.25) is 0 Å². The monoisotopic (exact) mass is 454 g/mol. The van der Waals surface area contributed by atoms with Crippen LogP contribution in [0, 0.1) is 23.7 Å². The highest BCUT2D eigenvalue weighted by molar-refractivity contribution is 5.86. The lowest BCUT2D eigenvalue weighted by Gasteiger charge is -2.37. The van der Waals surface area contributed by atoms with Gasteiger partial charge in [-0.2, -0.15) is 0 Å². The number of ether oxygens (including phenoxy) is 1. The van der Waals surface area contributed by atoms with Crippen LogP contribution in [0.1, 0.15) is 94.7 Å². The van der Waals surface area contributed by atoms with Crippen LogP contribution in [0.2, 0.25) is 0 Å². The molecule has 0 aliphatic heterocycles. The van der Waals surface area contributed by atoms with Crippen LogP contribution in [0.3, 0.4) is 0 Å². The Morgan fingerprint density at radius 3 is 2.61 bits per heavy atom. The fraction of sp³-hybridized carbons (Fsp3) is 0.700. The molecule has 0 amide bonds. The van der Waals surface area contributed by atoms with Crippen molar-refractivity contribution in [2.75, 3.05) is 13.2 Å². The topological polar surface area (TPSA) is 46.5 Å². The maximum Gasteiger partial charge on any atom is 0.333 e. The second-order valence-electron chi connectivity index (χ2n) is 10.8. The molecule has 184 valence electrons. The van der Waals surface area contributed by atoms with Gasteiger partial charge in [0.15, 0.2) is 0 Å². The Labute approximate surface area is 202 Å². The molecule has 1 aromatic rings. The SMILES string of the molecule is C=C(C)C(=O)OCC(CCO)CC1CCC(C2CCc3cc(CCCCC)ccc3C2)CC1. The second-order valence-corrected chi connectivity index (χ2v) is 10.8. The first kappa shape index (κ1) is 26.0. The number of aliphatic hydroxyl groups is 1. The maximum atomic E-state index is 11.7. The Bertz CT molecular complexity index is 760. The number of esters is 1. The molecule has 2 unspecified atom stereocenters. The lowest BCUT2D eigenvalue weighted by molar-refractivity contribution is -0.140. The van der Waals surface area contributed by atoms with Crippen LogP contribution in [-0.2, 0) is 28.8 Å². The number of hydrogen-bond donors (Lipinski definition) is 1. The normalized spacial score (nSPS) is 23.5. The molecule has 0 spiro atoms. The summed E-state index contributed by atoms with van der Waals surface area (Å²) in [6.07, 6.45) is 16.0. The number of rotatable bonds is 12. The third-order valence-corrected chi connectivity index (χ3v) is 8.17. The van der Waals surface area contributed by atoms with E-state index in [9.17, 15) is 9.90 Å². The van der Waals surface area contributed by atoms with Crippen molar-refractivity contribution in [1.29, 1.82) is 0 Å². The number of hydrogen-bond acceptors (Lipinski definition) is 3. The lowest BCUT2D eigenvalue weighted by Crippen LogP contribution is -2.28. The Balaban J connectivity index is 1.45. The van der Waals surface area contributed by atoms with Crippen molar-refractivity contribution in [2.45, 2.75) is 97.3 Å². The summed E-state index contributed by atoms with van der Waals surface area (Å²) in [7, 11) is 0. The molecule has 1 fully saturated rings. The lowest BCUT2D eigenvalue weighted by atomic mass is 9.68. The minimum atomic E-state index is -0.313. The van der Waals surface area contributed by atoms with E-state index in [4.69, 9.17) is 4.74 Å². The highest BCUT2D eigenvalue weighted by Gasteiger charge is 2.31. The molecule has 1 N–H and O–H groups in total. The average molecular weight is 455 g/mol. The summed E-state index contributed by atoms with van der Waals surface area (Å²) >= 11 is 0. The highest BCUT2D eigenvalue weighted by Crippen LogP contribution is 2.41. The smallest absolute Gasteiger partial charge is 0.333 e. The van der Waals surface area contributed by atoms with Crippen LogP contribution >= 0.6 is 0 Å². The zero-order valence-corrected chi connectivity index (χ0v) is 21.1. The molecule has 0 saturated heterocycles. The van der Waals surface area contributed by atoms with Crippen LogP contribution in [0.5, 0.6) is 0 Å². The summed E-state index contributed by atoms with van der Waals surface area (Å²) < 4.78 is 5.40. The van der Waals surface area contributed by atoms with E-state index in [0.717, 1.165) is 18.3 Å². The van der Waals surface area contributed by atoms with Gasteiger partial charge in [-0.1, -0.05) is 57.4 Å². The van der Waals surface area contributed by atoms with E-state index >= 15 is 0 Å². The van der Waals surface area contributed by atoms with Crippen molar-refractivity contribution >= 4 is 5.97 Å². The van der Waals surface area contributed by atoms with Gasteiger partial charge in [-0.05, 0) is 105 Å². The van der Waals surface area contributed by atoms with Crippen molar-refractivity contribution in [1.82, 2.24) is 0 Å². The van der Waals surface area contributed by atoms with Crippen molar-refractivity contribution < 1.29 is 14.6 Å². The number of benzene rings is 1. The number of aryl methyl sites for hydroxylation is 2. The Morgan fingerprint density at radius 1 is 1.12 bits per heavy atom. The van der Waals surface area contributed by atoms with Gasteiger partial charge in [-0.25, -0.2) is 4.79 Å². The number of aliphatic hydroxyl groups excluding tert-OH is 1. The molecule has 2 atom stereocenters. The first-order valence-electron chi connectivity index (χ1n) is 13.5. The zero-order valence-electron chi connectivity index (χ0n) is 21.1. The first-order valence-corrected chi connectivity index (χ1v) is 13.5. The maximum absolute atomic E-state index is 11.7. The third kappa shape index (κ3) is 7.98. The van der Waals surface area contributed by atoms with Gasteiger partial charge in [0, 0.05) is 12.2 Å². The number of carbonyl (C=O) groups excluding carboxylic acids is 1. The number of fused-ring (bicyclic) bond motifs is 1. The van der Waals surface area contributed by atoms with Crippen molar-refractivity contribution in [3.8, 4) is 0 Å². The summed E-state index contributed by atoms with van der Waals surface area (Å²) in [6, 6.07) is 7.32. The van der Waals surface area contributed by atoms with E-state index in [0.29, 0.717) is 24.5 Å². The van der Waals surface area contributed by atoms with E-state index in [1.807, 2.05) is 0 Å². The van der Waals surface area contributed by atoms with Gasteiger partial charge in [0.1, 0.15) is 0 Å². The fourth-order valence-electron chi connectivity index (χ4n) is 6.11. The molecule has 3 heteroatoms. The van der Waals surface area contributed by atoms with Crippen LogP contribution in [0.15, 0.2) is 30.4 Å². The molecule has 0 bridgehead atoms. The predicted octanol–water partition coefficient (Wildman–Crippen LogP) is 6.84. The summed E-state index contributed by atoms with van der Waals surface area (Å²) in [5, 5.41) is 9.45. The molecule has 0 aromatic heterocycles. The van der Waals surface area contributed by atoms with Crippen LogP contribution in [0.4, 0.5) is 0 Å². The quantitative estimate of drug-likeness (QED) is 0.214. The van der Waals surface area contributed by atoms with Crippen LogP contribution in [0.25, 0.3) is 0 Å². The highest BCUT2D eigenvalue weighted by atomic mass is 16.5. The number of unbranched alkanes of at least 4 members (excludes halogenated alkanes) is 2. The van der Waals surface area contributed by atoms with E-state index in [1.54, 1.807) is 18.1 Å². The van der Waals surface area contributed by atoms with Gasteiger partial charge in [-0.15, -0.1) is 0 Å². The standard InChI is InChI=1S/C30H46O3/c1-4-5-6-7-23-10-13-29-20-28(15-14-27(29)19-23)26-11-8-24(9-12-26)18-25(16-17-31)21-33-30(32)22(2)3/h10,13,19,24-26,28,31H,2,4-9,11-12,14-18,20-21H2,1,3H3. The molecule has 3 nitrogen and oxygen atoms in total. The van der Waals surface area contributed by atoms with Crippen molar-refractivity contribution in [3.05, 3.63) is 47.0 Å². The molecule has 2 aliphatic rings. The van der Waals surface area contributed by atoms with Crippen molar-refractivity contribution in [3.63, 3.8) is 0 Å². The van der Waals surface area contributed by atoms with Crippen LogP contribution in [-0.4, -0.2) is 24.3 Å². The molecule has 0 heterocycles. The van der Waals surface area contributed by atoms with E-state index in [-0.39, 0.29) is 18.5 Å². The summed E-state index contributed by atoms with van der Waals surface area (Å²) in [6.45, 7) is 8.18. The second kappa shape index (κ2) is 13.3. The largest absolute Gasteiger partial charge is 0.462 e.